The average molecular weight is 308 g/mol. The molecule has 0 bridgehead atoms. The van der Waals surface area contributed by atoms with Crippen molar-refractivity contribution in [1.82, 2.24) is 9.80 Å². The molecule has 2 aliphatic rings. The quantitative estimate of drug-likeness (QED) is 0.716. The number of carbonyl (C=O) groups is 4. The molecule has 4 amide bonds. The van der Waals surface area contributed by atoms with Crippen LogP contribution in [0.15, 0.2) is 12.1 Å². The summed E-state index contributed by atoms with van der Waals surface area (Å²) in [6, 6.07) is 0.154. The zero-order valence-electron chi connectivity index (χ0n) is 11.4. The first kappa shape index (κ1) is 14.3. The predicted octanol–water partition coefficient (Wildman–Crippen LogP) is 0.708. The van der Waals surface area contributed by atoms with E-state index in [0.29, 0.717) is 17.0 Å². The summed E-state index contributed by atoms with van der Waals surface area (Å²) in [6.45, 7) is 0. The monoisotopic (exact) mass is 308 g/mol. The zero-order chi connectivity index (χ0) is 16.2. The highest BCUT2D eigenvalue weighted by atomic mass is 19.2. The number of hydrogen-bond donors (Lipinski definition) is 0. The fourth-order valence-corrected chi connectivity index (χ4v) is 2.67. The average Bonchev–Trinajstić information content (AvgIpc) is 2.70. The lowest BCUT2D eigenvalue weighted by molar-refractivity contribution is -0.149. The number of likely N-dealkylation sites (N-methyl/N-ethyl adjacent to an activating group) is 1. The molecular weight excluding hydrogens is 298 g/mol. The number of piperidine rings is 1. The Labute approximate surface area is 123 Å². The van der Waals surface area contributed by atoms with Gasteiger partial charge in [0.25, 0.3) is 17.7 Å². The third kappa shape index (κ3) is 1.83. The van der Waals surface area contributed by atoms with Crippen molar-refractivity contribution in [3.63, 3.8) is 0 Å². The number of amides is 4. The number of benzene rings is 1. The Morgan fingerprint density at radius 3 is 2.00 bits per heavy atom. The van der Waals surface area contributed by atoms with E-state index in [-0.39, 0.29) is 24.0 Å². The van der Waals surface area contributed by atoms with Crippen molar-refractivity contribution >= 4 is 23.6 Å². The van der Waals surface area contributed by atoms with E-state index in [9.17, 15) is 28.0 Å². The molecule has 0 spiro atoms. The Balaban J connectivity index is 2.01. The van der Waals surface area contributed by atoms with Gasteiger partial charge < -0.3 is 0 Å². The summed E-state index contributed by atoms with van der Waals surface area (Å²) in [4.78, 5) is 49.6. The molecule has 1 fully saturated rings. The molecule has 2 aliphatic heterocycles. The van der Waals surface area contributed by atoms with Crippen LogP contribution in [0, 0.1) is 11.6 Å². The second-order valence-corrected chi connectivity index (χ2v) is 5.14. The van der Waals surface area contributed by atoms with Gasteiger partial charge in [0.2, 0.25) is 5.91 Å². The lowest BCUT2D eigenvalue weighted by Crippen LogP contribution is -2.54. The van der Waals surface area contributed by atoms with E-state index in [2.05, 4.69) is 0 Å². The van der Waals surface area contributed by atoms with Crippen molar-refractivity contribution in [3.8, 4) is 0 Å². The largest absolute Gasteiger partial charge is 0.284 e. The van der Waals surface area contributed by atoms with Crippen molar-refractivity contribution in [2.24, 2.45) is 0 Å². The smallest absolute Gasteiger partial charge is 0.262 e. The number of fused-ring (bicyclic) bond motifs is 1. The first-order chi connectivity index (χ1) is 10.3. The Hall–Kier alpha value is -2.64. The molecule has 0 aromatic heterocycles. The minimum atomic E-state index is -1.25. The molecule has 1 atom stereocenters. The molecular formula is C14H10F2N2O4. The minimum Gasteiger partial charge on any atom is -0.284 e. The van der Waals surface area contributed by atoms with Crippen LogP contribution in [0.2, 0.25) is 0 Å². The number of likely N-dealkylation sites (tertiary alicyclic amines) is 1. The van der Waals surface area contributed by atoms with Gasteiger partial charge in [0.15, 0.2) is 11.6 Å². The lowest BCUT2D eigenvalue weighted by atomic mass is 10.0. The number of halogens is 2. The zero-order valence-corrected chi connectivity index (χ0v) is 11.4. The van der Waals surface area contributed by atoms with Gasteiger partial charge in [0.1, 0.15) is 6.04 Å². The molecule has 2 heterocycles. The summed E-state index contributed by atoms with van der Waals surface area (Å²) in [6.07, 6.45) is 0.00146. The maximum Gasteiger partial charge on any atom is 0.262 e. The minimum absolute atomic E-state index is 0.00155. The molecule has 8 heteroatoms. The van der Waals surface area contributed by atoms with Gasteiger partial charge in [-0.15, -0.1) is 0 Å². The van der Waals surface area contributed by atoms with Gasteiger partial charge in [0.05, 0.1) is 11.1 Å². The van der Waals surface area contributed by atoms with Crippen LogP contribution in [-0.2, 0) is 9.59 Å². The molecule has 1 aromatic carbocycles. The third-order valence-electron chi connectivity index (χ3n) is 3.89. The van der Waals surface area contributed by atoms with Gasteiger partial charge in [-0.25, -0.2) is 8.78 Å². The summed E-state index contributed by atoms with van der Waals surface area (Å²) in [7, 11) is 1.26. The van der Waals surface area contributed by atoms with Crippen molar-refractivity contribution in [1.29, 1.82) is 0 Å². The predicted molar refractivity (Wildman–Crippen MR) is 67.7 cm³/mol. The second kappa shape index (κ2) is 4.69. The number of nitrogens with zero attached hydrogens (tertiary/aromatic N) is 2. The van der Waals surface area contributed by atoms with Crippen molar-refractivity contribution in [2.45, 2.75) is 18.9 Å². The first-order valence-corrected chi connectivity index (χ1v) is 6.50. The molecule has 0 aliphatic carbocycles. The highest BCUT2D eigenvalue weighted by Gasteiger charge is 2.46. The highest BCUT2D eigenvalue weighted by molar-refractivity contribution is 6.23. The Bertz CT molecular complexity index is 706. The summed E-state index contributed by atoms with van der Waals surface area (Å²) in [5.41, 5.74) is -0.562. The Morgan fingerprint density at radius 1 is 1.00 bits per heavy atom. The molecule has 3 rings (SSSR count). The van der Waals surface area contributed by atoms with Crippen LogP contribution in [0.1, 0.15) is 33.6 Å². The normalized spacial score (nSPS) is 21.7. The van der Waals surface area contributed by atoms with Crippen molar-refractivity contribution in [3.05, 3.63) is 34.9 Å². The van der Waals surface area contributed by atoms with Crippen LogP contribution in [0.25, 0.3) is 0 Å². The topological polar surface area (TPSA) is 74.8 Å². The van der Waals surface area contributed by atoms with Gasteiger partial charge in [-0.3, -0.25) is 29.0 Å². The molecule has 22 heavy (non-hydrogen) atoms. The van der Waals surface area contributed by atoms with Crippen LogP contribution in [-0.4, -0.2) is 46.5 Å². The van der Waals surface area contributed by atoms with E-state index in [1.807, 2.05) is 0 Å². The van der Waals surface area contributed by atoms with E-state index in [1.165, 1.54) is 7.05 Å². The lowest BCUT2D eigenvalue weighted by Gasteiger charge is -2.32. The van der Waals surface area contributed by atoms with Crippen LogP contribution in [0.3, 0.4) is 0 Å². The molecule has 6 nitrogen and oxygen atoms in total. The fourth-order valence-electron chi connectivity index (χ4n) is 2.67. The van der Waals surface area contributed by atoms with Gasteiger partial charge in [0, 0.05) is 13.5 Å². The van der Waals surface area contributed by atoms with Gasteiger partial charge in [-0.05, 0) is 18.6 Å². The molecule has 1 saturated heterocycles. The summed E-state index contributed by atoms with van der Waals surface area (Å²) in [5, 5.41) is 0. The summed E-state index contributed by atoms with van der Waals surface area (Å²) < 4.78 is 26.5. The van der Waals surface area contributed by atoms with E-state index in [4.69, 9.17) is 0 Å². The highest BCUT2D eigenvalue weighted by Crippen LogP contribution is 2.30. The second-order valence-electron chi connectivity index (χ2n) is 5.14. The standard InChI is InChI=1S/C14H10F2N2O4/c1-17-11(19)3-2-10(14(17)22)18-12(20)6-4-8(15)9(16)5-7(6)13(18)21/h4-5,10H,2-3H2,1H3. The molecule has 114 valence electrons. The van der Waals surface area contributed by atoms with Crippen molar-refractivity contribution in [2.75, 3.05) is 7.05 Å². The van der Waals surface area contributed by atoms with Crippen LogP contribution >= 0.6 is 0 Å². The van der Waals surface area contributed by atoms with Gasteiger partial charge in [-0.1, -0.05) is 0 Å². The molecule has 1 unspecified atom stereocenters. The van der Waals surface area contributed by atoms with Gasteiger partial charge >= 0.3 is 0 Å². The van der Waals surface area contributed by atoms with Crippen LogP contribution in [0.4, 0.5) is 8.78 Å². The van der Waals surface area contributed by atoms with E-state index in [0.717, 1.165) is 4.90 Å². The van der Waals surface area contributed by atoms with Crippen LogP contribution in [0.5, 0.6) is 0 Å². The molecule has 0 saturated carbocycles. The van der Waals surface area contributed by atoms with Crippen molar-refractivity contribution < 1.29 is 28.0 Å². The van der Waals surface area contributed by atoms with Crippen LogP contribution < -0.4 is 0 Å². The maximum absolute atomic E-state index is 13.3. The van der Waals surface area contributed by atoms with E-state index >= 15 is 0 Å². The maximum atomic E-state index is 13.3. The van der Waals surface area contributed by atoms with Gasteiger partial charge in [-0.2, -0.15) is 0 Å². The van der Waals surface area contributed by atoms with E-state index < -0.39 is 41.3 Å². The Morgan fingerprint density at radius 2 is 1.50 bits per heavy atom. The number of carbonyl (C=O) groups excluding carboxylic acids is 4. The fraction of sp³-hybridized carbons (Fsp3) is 0.286. The number of imide groups is 2. The first-order valence-electron chi connectivity index (χ1n) is 6.50. The summed E-state index contributed by atoms with van der Waals surface area (Å²) in [5.74, 6) is -5.31. The number of hydrogen-bond acceptors (Lipinski definition) is 4. The Kier molecular flexibility index (Phi) is 3.05. The molecule has 0 radical (unpaired) electrons. The summed E-state index contributed by atoms with van der Waals surface area (Å²) >= 11 is 0. The SMILES string of the molecule is CN1C(=O)CCC(N2C(=O)c3cc(F)c(F)cc3C2=O)C1=O. The number of rotatable bonds is 1. The third-order valence-corrected chi connectivity index (χ3v) is 3.89. The molecule has 0 N–H and O–H groups in total. The van der Waals surface area contributed by atoms with E-state index in [1.54, 1.807) is 0 Å². The molecule has 1 aromatic rings.